The highest BCUT2D eigenvalue weighted by Crippen LogP contribution is 2.24. The second kappa shape index (κ2) is 5.50. The first-order chi connectivity index (χ1) is 8.70. The molecule has 0 aliphatic carbocycles. The van der Waals surface area contributed by atoms with Crippen LogP contribution in [0.3, 0.4) is 0 Å². The fourth-order valence-electron chi connectivity index (χ4n) is 1.27. The third-order valence-corrected chi connectivity index (χ3v) is 2.66. The first kappa shape index (κ1) is 12.4. The lowest BCUT2D eigenvalue weighted by molar-refractivity contribution is 0.0692. The molecule has 1 aromatic carbocycles. The molecule has 0 radical (unpaired) electrons. The van der Waals surface area contributed by atoms with E-state index >= 15 is 0 Å². The number of hydrogen-bond donors (Lipinski definition) is 1. The van der Waals surface area contributed by atoms with Crippen molar-refractivity contribution in [2.24, 2.45) is 0 Å². The summed E-state index contributed by atoms with van der Waals surface area (Å²) in [5, 5.41) is 9.50. The smallest absolute Gasteiger partial charge is 0.342 e. The van der Waals surface area contributed by atoms with Gasteiger partial charge in [0.15, 0.2) is 5.16 Å². The van der Waals surface area contributed by atoms with Crippen LogP contribution in [0.1, 0.15) is 10.4 Å². The van der Waals surface area contributed by atoms with E-state index in [1.165, 1.54) is 18.0 Å². The Labute approximate surface area is 108 Å². The molecule has 92 valence electrons. The molecule has 6 heteroatoms. The number of para-hydroxylation sites is 1. The number of carboxylic acid groups (broad SMARTS) is 1. The molecule has 0 atom stereocenters. The number of ether oxygens (including phenoxy) is 1. The van der Waals surface area contributed by atoms with Crippen LogP contribution in [0, 0.1) is 0 Å². The molecule has 0 bridgehead atoms. The number of rotatable bonds is 4. The first-order valence-corrected chi connectivity index (χ1v) is 6.30. The summed E-state index contributed by atoms with van der Waals surface area (Å²) in [4.78, 5) is 19.0. The fraction of sp³-hybridized carbons (Fsp3) is 0.0833. The molecule has 5 nitrogen and oxygen atoms in total. The molecule has 1 aromatic heterocycles. The number of thioether (sulfide) groups is 1. The number of nitrogens with zero attached hydrogens (tertiary/aromatic N) is 2. The second-order valence-corrected chi connectivity index (χ2v) is 4.07. The standard InChI is InChI=1S/C12H10N2O3S/c1-18-12-13-7-9(11(15)16)10(14-12)17-8-5-3-2-4-6-8/h2-7H,1H3,(H,15,16). The third-order valence-electron chi connectivity index (χ3n) is 2.10. The summed E-state index contributed by atoms with van der Waals surface area (Å²) in [5.41, 5.74) is -0.0587. The zero-order valence-corrected chi connectivity index (χ0v) is 10.3. The molecule has 0 aliphatic heterocycles. The van der Waals surface area contributed by atoms with Crippen molar-refractivity contribution in [1.29, 1.82) is 0 Å². The Morgan fingerprint density at radius 2 is 2.06 bits per heavy atom. The summed E-state index contributed by atoms with van der Waals surface area (Å²) in [6.45, 7) is 0. The maximum absolute atomic E-state index is 11.0. The molecule has 0 amide bonds. The average Bonchev–Trinajstić information content (AvgIpc) is 2.39. The predicted molar refractivity (Wildman–Crippen MR) is 67.3 cm³/mol. The molecule has 1 N–H and O–H groups in total. The van der Waals surface area contributed by atoms with Gasteiger partial charge in [-0.15, -0.1) is 0 Å². The van der Waals surface area contributed by atoms with E-state index in [-0.39, 0.29) is 11.4 Å². The number of benzene rings is 1. The summed E-state index contributed by atoms with van der Waals surface area (Å²) in [7, 11) is 0. The number of aromatic carboxylic acids is 1. The van der Waals surface area contributed by atoms with E-state index < -0.39 is 5.97 Å². The first-order valence-electron chi connectivity index (χ1n) is 5.08. The van der Waals surface area contributed by atoms with Crippen LogP contribution >= 0.6 is 11.8 Å². The van der Waals surface area contributed by atoms with Gasteiger partial charge in [-0.1, -0.05) is 30.0 Å². The van der Waals surface area contributed by atoms with E-state index in [0.29, 0.717) is 10.9 Å². The summed E-state index contributed by atoms with van der Waals surface area (Å²) in [5.74, 6) is -0.535. The lowest BCUT2D eigenvalue weighted by Crippen LogP contribution is -2.04. The van der Waals surface area contributed by atoms with E-state index in [2.05, 4.69) is 9.97 Å². The molecule has 0 fully saturated rings. The van der Waals surface area contributed by atoms with Crippen molar-refractivity contribution in [2.45, 2.75) is 5.16 Å². The van der Waals surface area contributed by atoms with Gasteiger partial charge in [-0.2, -0.15) is 4.98 Å². The monoisotopic (exact) mass is 262 g/mol. The molecule has 0 spiro atoms. The third kappa shape index (κ3) is 2.78. The van der Waals surface area contributed by atoms with E-state index in [1.54, 1.807) is 24.3 Å². The number of hydrogen-bond acceptors (Lipinski definition) is 5. The highest BCUT2D eigenvalue weighted by molar-refractivity contribution is 7.98. The van der Waals surface area contributed by atoms with Crippen molar-refractivity contribution in [3.8, 4) is 11.6 Å². The van der Waals surface area contributed by atoms with Crippen LogP contribution in [-0.2, 0) is 0 Å². The molecule has 0 aliphatic rings. The van der Waals surface area contributed by atoms with Crippen LogP contribution in [-0.4, -0.2) is 27.3 Å². The minimum absolute atomic E-state index is 0.0491. The van der Waals surface area contributed by atoms with Crippen molar-refractivity contribution < 1.29 is 14.6 Å². The van der Waals surface area contributed by atoms with Gasteiger partial charge in [0, 0.05) is 6.20 Å². The van der Waals surface area contributed by atoms with Gasteiger partial charge in [0.2, 0.25) is 5.88 Å². The lowest BCUT2D eigenvalue weighted by atomic mass is 10.3. The highest BCUT2D eigenvalue weighted by atomic mass is 32.2. The molecular weight excluding hydrogens is 252 g/mol. The van der Waals surface area contributed by atoms with Gasteiger partial charge in [-0.25, -0.2) is 9.78 Å². The van der Waals surface area contributed by atoms with Crippen LogP contribution in [0.2, 0.25) is 0 Å². The Morgan fingerprint density at radius 1 is 1.33 bits per heavy atom. The van der Waals surface area contributed by atoms with Crippen molar-refractivity contribution >= 4 is 17.7 Å². The van der Waals surface area contributed by atoms with Gasteiger partial charge in [0.1, 0.15) is 11.3 Å². The van der Waals surface area contributed by atoms with Crippen molar-refractivity contribution in [3.63, 3.8) is 0 Å². The molecular formula is C12H10N2O3S. The minimum atomic E-state index is -1.12. The van der Waals surface area contributed by atoms with Crippen LogP contribution < -0.4 is 4.74 Å². The molecule has 0 saturated heterocycles. The predicted octanol–water partition coefficient (Wildman–Crippen LogP) is 2.69. The lowest BCUT2D eigenvalue weighted by Gasteiger charge is -2.07. The van der Waals surface area contributed by atoms with E-state index in [4.69, 9.17) is 9.84 Å². The number of aromatic nitrogens is 2. The van der Waals surface area contributed by atoms with Crippen LogP contribution in [0.4, 0.5) is 0 Å². The van der Waals surface area contributed by atoms with E-state index in [1.807, 2.05) is 12.3 Å². The van der Waals surface area contributed by atoms with E-state index in [0.717, 1.165) is 0 Å². The summed E-state index contributed by atoms with van der Waals surface area (Å²) >= 11 is 1.32. The molecule has 2 aromatic rings. The zero-order chi connectivity index (χ0) is 13.0. The largest absolute Gasteiger partial charge is 0.477 e. The molecule has 0 unspecified atom stereocenters. The molecule has 18 heavy (non-hydrogen) atoms. The maximum atomic E-state index is 11.0. The SMILES string of the molecule is CSc1ncc(C(=O)O)c(Oc2ccccc2)n1. The van der Waals surface area contributed by atoms with Gasteiger partial charge < -0.3 is 9.84 Å². The second-order valence-electron chi connectivity index (χ2n) is 3.30. The van der Waals surface area contributed by atoms with Gasteiger partial charge in [-0.05, 0) is 18.4 Å². The topological polar surface area (TPSA) is 72.3 Å². The fourth-order valence-corrected chi connectivity index (χ4v) is 1.61. The minimum Gasteiger partial charge on any atom is -0.477 e. The summed E-state index contributed by atoms with van der Waals surface area (Å²) < 4.78 is 5.47. The normalized spacial score (nSPS) is 10.1. The van der Waals surface area contributed by atoms with Crippen LogP contribution in [0.25, 0.3) is 0 Å². The van der Waals surface area contributed by atoms with Crippen LogP contribution in [0.5, 0.6) is 11.6 Å². The highest BCUT2D eigenvalue weighted by Gasteiger charge is 2.15. The van der Waals surface area contributed by atoms with Crippen LogP contribution in [0.15, 0.2) is 41.7 Å². The zero-order valence-electron chi connectivity index (χ0n) is 9.53. The molecule has 0 saturated carbocycles. The van der Waals surface area contributed by atoms with Crippen molar-refractivity contribution in [3.05, 3.63) is 42.1 Å². The van der Waals surface area contributed by atoms with Crippen molar-refractivity contribution in [2.75, 3.05) is 6.26 Å². The Kier molecular flexibility index (Phi) is 3.78. The maximum Gasteiger partial charge on any atom is 0.342 e. The Bertz CT molecular complexity index is 561. The molecule has 1 heterocycles. The Morgan fingerprint density at radius 3 is 2.67 bits per heavy atom. The quantitative estimate of drug-likeness (QED) is 0.674. The molecule has 2 rings (SSSR count). The van der Waals surface area contributed by atoms with E-state index in [9.17, 15) is 4.79 Å². The van der Waals surface area contributed by atoms with Crippen molar-refractivity contribution in [1.82, 2.24) is 9.97 Å². The number of carbonyl (C=O) groups is 1. The average molecular weight is 262 g/mol. The van der Waals surface area contributed by atoms with Gasteiger partial charge >= 0.3 is 5.97 Å². The van der Waals surface area contributed by atoms with Gasteiger partial charge in [0.25, 0.3) is 0 Å². The summed E-state index contributed by atoms with van der Waals surface area (Å²) in [6.07, 6.45) is 3.06. The summed E-state index contributed by atoms with van der Waals surface area (Å²) in [6, 6.07) is 8.90. The Balaban J connectivity index is 2.38. The van der Waals surface area contributed by atoms with Gasteiger partial charge in [0.05, 0.1) is 0 Å². The number of carboxylic acids is 1. The van der Waals surface area contributed by atoms with Gasteiger partial charge in [-0.3, -0.25) is 0 Å². The Hall–Kier alpha value is -2.08.